The smallest absolute Gasteiger partial charge is 0.342 e. The summed E-state index contributed by atoms with van der Waals surface area (Å²) in [5, 5.41) is 76.5. The number of rotatable bonds is 13. The van der Waals surface area contributed by atoms with Crippen molar-refractivity contribution >= 4 is 41.1 Å². The predicted octanol–water partition coefficient (Wildman–Crippen LogP) is 6.23. The topological polar surface area (TPSA) is 267 Å². The lowest BCUT2D eigenvalue weighted by Crippen LogP contribution is -2.64. The summed E-state index contributed by atoms with van der Waals surface area (Å²) in [7, 11) is 1.26. The Morgan fingerprint density at radius 3 is 2.17 bits per heavy atom. The first-order valence-corrected chi connectivity index (χ1v) is 24.9. The molecule has 0 aliphatic carbocycles. The highest BCUT2D eigenvalue weighted by atomic mass is 35.5. The summed E-state index contributed by atoms with van der Waals surface area (Å²) in [6.45, 7) is 18.1. The molecular weight excluding hydrogens is 983 g/mol. The van der Waals surface area contributed by atoms with Gasteiger partial charge in [-0.15, -0.1) is 0 Å². The molecule has 1 aromatic rings. The summed E-state index contributed by atoms with van der Waals surface area (Å²) in [5.74, 6) is -4.78. The van der Waals surface area contributed by atoms with Gasteiger partial charge in [0.1, 0.15) is 46.7 Å². The van der Waals surface area contributed by atoms with Gasteiger partial charge in [-0.05, 0) is 90.5 Å². The fraction of sp³-hybridized carbons (Fsp3) is 0.635. The van der Waals surface area contributed by atoms with Gasteiger partial charge in [0.25, 0.3) is 0 Å². The van der Waals surface area contributed by atoms with Crippen molar-refractivity contribution in [1.29, 1.82) is 0 Å². The molecule has 0 unspecified atom stereocenters. The fourth-order valence-corrected chi connectivity index (χ4v) is 9.16. The molecule has 14 atom stereocenters. The Bertz CT molecular complexity index is 2220. The van der Waals surface area contributed by atoms with E-state index < -0.39 is 144 Å². The Morgan fingerprint density at radius 2 is 1.57 bits per heavy atom. The number of hydrogen-bond donors (Lipinski definition) is 7. The summed E-state index contributed by atoms with van der Waals surface area (Å²) < 4.78 is 47.5. The van der Waals surface area contributed by atoms with Gasteiger partial charge in [-0.25, -0.2) is 9.59 Å². The van der Waals surface area contributed by atoms with E-state index in [2.05, 4.69) is 0 Å². The maximum absolute atomic E-state index is 13.9. The first-order valence-electron chi connectivity index (χ1n) is 24.2. The summed E-state index contributed by atoms with van der Waals surface area (Å²) >= 11 is 12.3. The molecule has 1 aromatic carbocycles. The Kier molecular flexibility index (Phi) is 22.4. The molecule has 7 N–H and O–H groups in total. The molecule has 0 amide bonds. The van der Waals surface area contributed by atoms with Gasteiger partial charge >= 0.3 is 17.9 Å². The van der Waals surface area contributed by atoms with E-state index in [1.165, 1.54) is 33.1 Å². The Balaban J connectivity index is 1.61. The third kappa shape index (κ3) is 14.7. The number of halogens is 2. The van der Waals surface area contributed by atoms with Gasteiger partial charge in [0.15, 0.2) is 36.3 Å². The molecule has 0 radical (unpaired) electrons. The van der Waals surface area contributed by atoms with Crippen LogP contribution >= 0.6 is 23.2 Å². The molecular formula is C52H74Cl2O18. The van der Waals surface area contributed by atoms with Gasteiger partial charge in [0, 0.05) is 19.4 Å². The summed E-state index contributed by atoms with van der Waals surface area (Å²) in [5.41, 5.74) is 0.318. The van der Waals surface area contributed by atoms with Crippen LogP contribution in [-0.4, -0.2) is 153 Å². The van der Waals surface area contributed by atoms with Crippen LogP contribution in [0.4, 0.5) is 0 Å². The second-order valence-electron chi connectivity index (χ2n) is 19.4. The normalized spacial score (nSPS) is 31.5. The van der Waals surface area contributed by atoms with Crippen LogP contribution < -0.4 is 0 Å². The lowest BCUT2D eigenvalue weighted by atomic mass is 9.88. The second kappa shape index (κ2) is 26.5. The van der Waals surface area contributed by atoms with Crippen molar-refractivity contribution < 1.29 is 88.0 Å². The first-order chi connectivity index (χ1) is 33.7. The zero-order valence-corrected chi connectivity index (χ0v) is 44.5. The standard InChI is InChI=1S/C52H74Cl2O18/c1-13-30-22-26(6)33(56)18-16-15-17-31(23-66-51-45(65-12)42(61)44(29(9)67-51)69-49(64)35-32(14-2)36(53)39(58)37(54)38(35)57)48(63)68-34(28(8)55)20-19-25(5)21-27(7)43(30)70-50-41(60)40(59)46(52(10,11)72-50)71-47(62)24(3)4/h15-17,19,21-22,24,28-30,33-34,40-46,50-51,55-61H,13-14,18,20,23H2,1-12H3/t28-,29+,30-,33-,34-,40+,41-,42-,43-,44+,45-,46-,50+,51+/m0/s1. The number of carbonyl (C=O) groups excluding carboxylic acids is 3. The minimum absolute atomic E-state index is 0.0372. The van der Waals surface area contributed by atoms with Gasteiger partial charge in [-0.2, -0.15) is 0 Å². The molecule has 0 aromatic heterocycles. The molecule has 0 bridgehead atoms. The van der Waals surface area contributed by atoms with Crippen molar-refractivity contribution in [2.45, 2.75) is 187 Å². The van der Waals surface area contributed by atoms with Gasteiger partial charge in [-0.3, -0.25) is 4.79 Å². The number of aliphatic hydroxyl groups excluding tert-OH is 5. The van der Waals surface area contributed by atoms with Crippen LogP contribution in [0.25, 0.3) is 0 Å². The summed E-state index contributed by atoms with van der Waals surface area (Å²) in [6.07, 6.45) is -5.45. The Labute approximate surface area is 431 Å². The average Bonchev–Trinajstić information content (AvgIpc) is 3.32. The zero-order valence-electron chi connectivity index (χ0n) is 43.0. The lowest BCUT2D eigenvalue weighted by molar-refractivity contribution is -0.333. The highest BCUT2D eigenvalue weighted by Gasteiger charge is 2.53. The lowest BCUT2D eigenvalue weighted by Gasteiger charge is -2.47. The van der Waals surface area contributed by atoms with E-state index in [1.54, 1.807) is 53.7 Å². The molecule has 18 nitrogen and oxygen atoms in total. The molecule has 3 aliphatic heterocycles. The number of hydrogen-bond acceptors (Lipinski definition) is 18. The maximum Gasteiger partial charge on any atom is 0.342 e. The van der Waals surface area contributed by atoms with Crippen molar-refractivity contribution in [2.24, 2.45) is 11.8 Å². The van der Waals surface area contributed by atoms with Gasteiger partial charge < -0.3 is 73.6 Å². The minimum atomic E-state index is -1.61. The van der Waals surface area contributed by atoms with Crippen LogP contribution in [0.1, 0.15) is 111 Å². The number of phenolic OH excluding ortho intramolecular Hbond substituents is 2. The number of phenols is 2. The Hall–Kier alpha value is -3.89. The maximum atomic E-state index is 13.9. The van der Waals surface area contributed by atoms with E-state index in [9.17, 15) is 50.1 Å². The van der Waals surface area contributed by atoms with E-state index in [1.807, 2.05) is 32.9 Å². The van der Waals surface area contributed by atoms with Gasteiger partial charge in [0.2, 0.25) is 0 Å². The average molecular weight is 1060 g/mol. The van der Waals surface area contributed by atoms with Crippen molar-refractivity contribution in [3.8, 4) is 11.5 Å². The molecule has 72 heavy (non-hydrogen) atoms. The molecule has 0 spiro atoms. The number of esters is 3. The predicted molar refractivity (Wildman–Crippen MR) is 265 cm³/mol. The minimum Gasteiger partial charge on any atom is -0.505 e. The number of allylic oxidation sites excluding steroid dienone is 4. The third-order valence-corrected chi connectivity index (χ3v) is 13.8. The number of cyclic esters (lactones) is 1. The van der Waals surface area contributed by atoms with E-state index in [0.717, 1.165) is 0 Å². The number of aliphatic hydroxyl groups is 5. The fourth-order valence-electron chi connectivity index (χ4n) is 8.60. The molecule has 0 saturated carbocycles. The molecule has 404 valence electrons. The second-order valence-corrected chi connectivity index (χ2v) is 20.1. The molecule has 2 saturated heterocycles. The monoisotopic (exact) mass is 1060 g/mol. The van der Waals surface area contributed by atoms with Crippen LogP contribution in [0.2, 0.25) is 10.0 Å². The van der Waals surface area contributed by atoms with Gasteiger partial charge in [0.05, 0.1) is 47.5 Å². The van der Waals surface area contributed by atoms with E-state index in [4.69, 9.17) is 61.1 Å². The van der Waals surface area contributed by atoms with Crippen LogP contribution in [0, 0.1) is 11.8 Å². The van der Waals surface area contributed by atoms with E-state index in [0.29, 0.717) is 23.1 Å². The van der Waals surface area contributed by atoms with Crippen molar-refractivity contribution in [2.75, 3.05) is 13.7 Å². The third-order valence-electron chi connectivity index (χ3n) is 13.0. The zero-order chi connectivity index (χ0) is 54.1. The summed E-state index contributed by atoms with van der Waals surface area (Å²) in [4.78, 5) is 40.0. The highest BCUT2D eigenvalue weighted by molar-refractivity contribution is 6.39. The molecule has 20 heteroatoms. The number of aromatic hydroxyl groups is 2. The van der Waals surface area contributed by atoms with Crippen LogP contribution in [0.15, 0.2) is 58.7 Å². The summed E-state index contributed by atoms with van der Waals surface area (Å²) in [6, 6.07) is 0. The number of ether oxygens (including phenoxy) is 8. The molecule has 4 rings (SSSR count). The van der Waals surface area contributed by atoms with Gasteiger partial charge in [-0.1, -0.05) is 86.9 Å². The van der Waals surface area contributed by atoms with Crippen LogP contribution in [0.3, 0.4) is 0 Å². The van der Waals surface area contributed by atoms with E-state index in [-0.39, 0.29) is 35.4 Å². The van der Waals surface area contributed by atoms with Crippen LogP contribution in [-0.2, 0) is 53.9 Å². The SMILES string of the molecule is CCc1c(Cl)c(O)c(Cl)c(O)c1C(=O)O[C@H]1[C@H](O)[C@H](OC)[C@H](OCC2=CC=CC[C@H](O)C(C)=C[C@H](CC)[C@@H](O[C@@H]3OC(C)(C)[C@@H](OC(=O)C(C)C)[C@H](O)[C@@H]3O)C(C)=CC(C)=CC[C@@H]([C@H](C)O)OC2=O)O[C@@H]1C. The van der Waals surface area contributed by atoms with Crippen molar-refractivity contribution in [1.82, 2.24) is 0 Å². The largest absolute Gasteiger partial charge is 0.505 e. The Morgan fingerprint density at radius 1 is 0.903 bits per heavy atom. The molecule has 2 fully saturated rings. The van der Waals surface area contributed by atoms with Crippen LogP contribution in [0.5, 0.6) is 11.5 Å². The number of carbonyl (C=O) groups is 3. The molecule has 3 heterocycles. The molecule has 3 aliphatic rings. The quantitative estimate of drug-likeness (QED) is 0.0655. The number of methoxy groups -OCH3 is 1. The van der Waals surface area contributed by atoms with Crippen molar-refractivity contribution in [3.63, 3.8) is 0 Å². The van der Waals surface area contributed by atoms with E-state index >= 15 is 0 Å². The first kappa shape index (κ1) is 60.7. The highest BCUT2D eigenvalue weighted by Crippen LogP contribution is 2.45. The van der Waals surface area contributed by atoms with Crippen molar-refractivity contribution in [3.05, 3.63) is 79.9 Å². The number of benzene rings is 1.